The normalized spacial score (nSPS) is 12.0. The second-order valence-electron chi connectivity index (χ2n) is 5.25. The molecule has 6 nitrogen and oxygen atoms in total. The number of hydrogen-bond donors (Lipinski definition) is 3. The van der Waals surface area contributed by atoms with E-state index in [1.54, 1.807) is 12.1 Å². The van der Waals surface area contributed by atoms with Gasteiger partial charge in [0, 0.05) is 12.1 Å². The third-order valence-electron chi connectivity index (χ3n) is 3.63. The van der Waals surface area contributed by atoms with Gasteiger partial charge in [-0.3, -0.25) is 0 Å². The summed E-state index contributed by atoms with van der Waals surface area (Å²) < 4.78 is 4.88. The van der Waals surface area contributed by atoms with Crippen molar-refractivity contribution in [1.82, 2.24) is 9.97 Å². The number of aromatic nitrogens is 2. The predicted molar refractivity (Wildman–Crippen MR) is 88.5 cm³/mol. The highest BCUT2D eigenvalue weighted by molar-refractivity contribution is 5.83. The molecular weight excluding hydrogens is 294 g/mol. The van der Waals surface area contributed by atoms with Crippen LogP contribution in [0.5, 0.6) is 0 Å². The lowest BCUT2D eigenvalue weighted by Gasteiger charge is -2.18. The van der Waals surface area contributed by atoms with Crippen LogP contribution in [0.1, 0.15) is 5.56 Å². The highest BCUT2D eigenvalue weighted by Crippen LogP contribution is 2.17. The summed E-state index contributed by atoms with van der Waals surface area (Å²) in [7, 11) is 1.37. The van der Waals surface area contributed by atoms with E-state index in [1.165, 1.54) is 7.11 Å². The van der Waals surface area contributed by atoms with Crippen LogP contribution in [0.15, 0.2) is 53.3 Å². The quantitative estimate of drug-likeness (QED) is 0.629. The monoisotopic (exact) mass is 311 g/mol. The minimum Gasteiger partial charge on any atom is -0.467 e. The molecule has 3 N–H and O–H groups in total. The number of ether oxygens (including phenoxy) is 1. The van der Waals surface area contributed by atoms with Gasteiger partial charge in [0.1, 0.15) is 6.04 Å². The fourth-order valence-corrected chi connectivity index (χ4v) is 2.51. The number of rotatable bonds is 5. The second-order valence-corrected chi connectivity index (χ2v) is 5.25. The van der Waals surface area contributed by atoms with E-state index in [0.29, 0.717) is 11.9 Å². The average Bonchev–Trinajstić information content (AvgIpc) is 2.93. The topological polar surface area (TPSA) is 87.0 Å². The number of methoxy groups -OCH3 is 1. The van der Waals surface area contributed by atoms with Crippen LogP contribution in [0.4, 0.5) is 5.69 Å². The molecule has 0 aliphatic carbocycles. The Balaban J connectivity index is 1.84. The molecule has 0 saturated carbocycles. The van der Waals surface area contributed by atoms with Gasteiger partial charge in [0.2, 0.25) is 0 Å². The van der Waals surface area contributed by atoms with E-state index in [1.807, 2.05) is 36.4 Å². The molecule has 2 aromatic carbocycles. The van der Waals surface area contributed by atoms with Gasteiger partial charge < -0.3 is 20.0 Å². The summed E-state index contributed by atoms with van der Waals surface area (Å²) in [6.45, 7) is 0. The van der Waals surface area contributed by atoms with Crippen LogP contribution in [-0.4, -0.2) is 29.1 Å². The van der Waals surface area contributed by atoms with Gasteiger partial charge in [-0.15, -0.1) is 0 Å². The highest BCUT2D eigenvalue weighted by Gasteiger charge is 2.19. The van der Waals surface area contributed by atoms with Crippen molar-refractivity contribution in [2.75, 3.05) is 12.4 Å². The van der Waals surface area contributed by atoms with E-state index < -0.39 is 6.04 Å². The van der Waals surface area contributed by atoms with E-state index in [9.17, 15) is 9.59 Å². The molecule has 1 heterocycles. The standard InChI is InChI=1S/C17H17N3O3/c1-23-16(21)15(9-11-5-3-2-4-6-11)18-12-7-8-13-14(10-12)20-17(22)19-13/h2-8,10,15,18H,9H2,1H3,(H2,19,20,22). The minimum atomic E-state index is -0.509. The molecule has 0 aliphatic heterocycles. The first kappa shape index (κ1) is 14.9. The fraction of sp³-hybridized carbons (Fsp3) is 0.176. The molecule has 0 radical (unpaired) electrons. The molecule has 0 spiro atoms. The molecule has 0 saturated heterocycles. The molecule has 23 heavy (non-hydrogen) atoms. The van der Waals surface area contributed by atoms with Crippen molar-refractivity contribution in [3.63, 3.8) is 0 Å². The first-order valence-corrected chi connectivity index (χ1v) is 7.26. The van der Waals surface area contributed by atoms with Crippen molar-refractivity contribution in [2.24, 2.45) is 0 Å². The number of aromatic amines is 2. The number of H-pyrrole nitrogens is 2. The van der Waals surface area contributed by atoms with Crippen LogP contribution >= 0.6 is 0 Å². The number of nitrogens with one attached hydrogen (secondary N) is 3. The number of carbonyl (C=O) groups excluding carboxylic acids is 1. The number of hydrogen-bond acceptors (Lipinski definition) is 4. The van der Waals surface area contributed by atoms with Crippen molar-refractivity contribution >= 4 is 22.7 Å². The number of fused-ring (bicyclic) bond motifs is 1. The number of anilines is 1. The smallest absolute Gasteiger partial charge is 0.328 e. The van der Waals surface area contributed by atoms with Crippen LogP contribution in [0, 0.1) is 0 Å². The van der Waals surface area contributed by atoms with Crippen molar-refractivity contribution in [2.45, 2.75) is 12.5 Å². The Morgan fingerprint density at radius 2 is 1.87 bits per heavy atom. The Morgan fingerprint density at radius 1 is 1.13 bits per heavy atom. The lowest BCUT2D eigenvalue weighted by Crippen LogP contribution is -2.32. The Labute approximate surface area is 132 Å². The van der Waals surface area contributed by atoms with Crippen molar-refractivity contribution in [1.29, 1.82) is 0 Å². The molecule has 118 valence electrons. The third kappa shape index (κ3) is 3.42. The predicted octanol–water partition coefficient (Wildman–Crippen LogP) is 2.05. The van der Waals surface area contributed by atoms with Gasteiger partial charge in [-0.25, -0.2) is 9.59 Å². The zero-order chi connectivity index (χ0) is 16.2. The lowest BCUT2D eigenvalue weighted by molar-refractivity contribution is -0.141. The third-order valence-corrected chi connectivity index (χ3v) is 3.63. The average molecular weight is 311 g/mol. The highest BCUT2D eigenvalue weighted by atomic mass is 16.5. The van der Waals surface area contributed by atoms with E-state index >= 15 is 0 Å². The molecule has 1 unspecified atom stereocenters. The van der Waals surface area contributed by atoms with E-state index in [4.69, 9.17) is 4.74 Å². The van der Waals surface area contributed by atoms with Crippen molar-refractivity contribution in [3.05, 3.63) is 64.6 Å². The van der Waals surface area contributed by atoms with Gasteiger partial charge in [-0.2, -0.15) is 0 Å². The minimum absolute atomic E-state index is 0.258. The molecule has 1 aromatic heterocycles. The van der Waals surface area contributed by atoms with Gasteiger partial charge in [0.05, 0.1) is 18.1 Å². The molecule has 0 amide bonds. The lowest BCUT2D eigenvalue weighted by atomic mass is 10.1. The molecule has 0 aliphatic rings. The second kappa shape index (κ2) is 6.39. The van der Waals surface area contributed by atoms with E-state index in [0.717, 1.165) is 16.8 Å². The zero-order valence-corrected chi connectivity index (χ0v) is 12.6. The molecular formula is C17H17N3O3. The van der Waals surface area contributed by atoms with Gasteiger partial charge in [-0.1, -0.05) is 30.3 Å². The summed E-state index contributed by atoms with van der Waals surface area (Å²) in [5, 5.41) is 3.17. The maximum absolute atomic E-state index is 12.0. The molecule has 3 aromatic rings. The molecule has 1 atom stereocenters. The summed E-state index contributed by atoms with van der Waals surface area (Å²) in [6, 6.07) is 14.6. The number of imidazole rings is 1. The summed E-state index contributed by atoms with van der Waals surface area (Å²) in [5.74, 6) is -0.337. The largest absolute Gasteiger partial charge is 0.467 e. The van der Waals surface area contributed by atoms with Gasteiger partial charge in [-0.05, 0) is 23.8 Å². The molecule has 0 fully saturated rings. The first-order valence-electron chi connectivity index (χ1n) is 7.26. The van der Waals surface area contributed by atoms with Crippen molar-refractivity contribution < 1.29 is 9.53 Å². The molecule has 3 rings (SSSR count). The van der Waals surface area contributed by atoms with Crippen LogP contribution in [-0.2, 0) is 16.0 Å². The van der Waals surface area contributed by atoms with Crippen LogP contribution in [0.2, 0.25) is 0 Å². The van der Waals surface area contributed by atoms with E-state index in [-0.39, 0.29) is 11.7 Å². The zero-order valence-electron chi connectivity index (χ0n) is 12.6. The van der Waals surface area contributed by atoms with Crippen LogP contribution < -0.4 is 11.0 Å². The SMILES string of the molecule is COC(=O)C(Cc1ccccc1)Nc1ccc2[nH]c(=O)[nH]c2c1. The molecule has 6 heteroatoms. The van der Waals surface area contributed by atoms with Gasteiger partial charge in [0.25, 0.3) is 0 Å². The Kier molecular flexibility index (Phi) is 4.14. The fourth-order valence-electron chi connectivity index (χ4n) is 2.51. The summed E-state index contributed by atoms with van der Waals surface area (Å²) >= 11 is 0. The Hall–Kier alpha value is -3.02. The Morgan fingerprint density at radius 3 is 2.61 bits per heavy atom. The molecule has 0 bridgehead atoms. The summed E-state index contributed by atoms with van der Waals surface area (Å²) in [5.41, 5.74) is 2.91. The van der Waals surface area contributed by atoms with E-state index in [2.05, 4.69) is 15.3 Å². The van der Waals surface area contributed by atoms with Gasteiger partial charge >= 0.3 is 11.7 Å². The van der Waals surface area contributed by atoms with Crippen LogP contribution in [0.25, 0.3) is 11.0 Å². The maximum Gasteiger partial charge on any atom is 0.328 e. The number of esters is 1. The number of carbonyl (C=O) groups is 1. The van der Waals surface area contributed by atoms with Crippen molar-refractivity contribution in [3.8, 4) is 0 Å². The maximum atomic E-state index is 12.0. The summed E-state index contributed by atoms with van der Waals surface area (Å²) in [6.07, 6.45) is 0.509. The Bertz CT molecular complexity index is 867. The number of benzene rings is 2. The summed E-state index contributed by atoms with van der Waals surface area (Å²) in [4.78, 5) is 28.7. The van der Waals surface area contributed by atoms with Gasteiger partial charge in [0.15, 0.2) is 0 Å². The first-order chi connectivity index (χ1) is 11.2. The van der Waals surface area contributed by atoms with Crippen LogP contribution in [0.3, 0.4) is 0 Å².